The molecule has 0 spiro atoms. The zero-order chi connectivity index (χ0) is 10.3. The molecule has 3 rings (SSSR count). The number of fused-ring (bicyclic) bond motifs is 1. The maximum atomic E-state index is 5.88. The molecule has 2 nitrogen and oxygen atoms in total. The molecule has 15 heavy (non-hydrogen) atoms. The van der Waals surface area contributed by atoms with Gasteiger partial charge in [-0.2, -0.15) is 0 Å². The van der Waals surface area contributed by atoms with E-state index >= 15 is 0 Å². The van der Waals surface area contributed by atoms with Crippen molar-refractivity contribution in [2.75, 3.05) is 6.61 Å². The van der Waals surface area contributed by atoms with Crippen molar-refractivity contribution in [3.05, 3.63) is 24.3 Å². The van der Waals surface area contributed by atoms with E-state index in [9.17, 15) is 0 Å². The molecule has 1 aromatic carbocycles. The van der Waals surface area contributed by atoms with E-state index in [0.717, 1.165) is 24.3 Å². The van der Waals surface area contributed by atoms with Crippen LogP contribution < -0.4 is 9.47 Å². The zero-order valence-electron chi connectivity index (χ0n) is 8.40. The van der Waals surface area contributed by atoms with E-state index in [1.807, 2.05) is 24.3 Å². The molecule has 1 fully saturated rings. The van der Waals surface area contributed by atoms with Crippen LogP contribution in [0.3, 0.4) is 0 Å². The molecular weight excluding hydrogens is 188 g/mol. The molecule has 0 radical (unpaired) electrons. The zero-order valence-corrected chi connectivity index (χ0v) is 8.40. The van der Waals surface area contributed by atoms with Gasteiger partial charge in [0.1, 0.15) is 12.7 Å². The number of benzene rings is 1. The van der Waals surface area contributed by atoms with Gasteiger partial charge in [-0.1, -0.05) is 18.1 Å². The topological polar surface area (TPSA) is 18.5 Å². The fourth-order valence-electron chi connectivity index (χ4n) is 1.99. The summed E-state index contributed by atoms with van der Waals surface area (Å²) in [5.41, 5.74) is -0.0620. The molecule has 0 bridgehead atoms. The summed E-state index contributed by atoms with van der Waals surface area (Å²) in [5.74, 6) is 4.48. The van der Waals surface area contributed by atoms with Gasteiger partial charge < -0.3 is 9.47 Å². The van der Waals surface area contributed by atoms with Crippen LogP contribution in [0.1, 0.15) is 12.8 Å². The van der Waals surface area contributed by atoms with Crippen LogP contribution in [0.4, 0.5) is 0 Å². The van der Waals surface area contributed by atoms with Crippen molar-refractivity contribution in [2.24, 2.45) is 5.41 Å². The Morgan fingerprint density at radius 3 is 2.67 bits per heavy atom. The number of para-hydroxylation sites is 2. The van der Waals surface area contributed by atoms with Gasteiger partial charge in [-0.25, -0.2) is 0 Å². The first-order valence-corrected chi connectivity index (χ1v) is 5.20. The van der Waals surface area contributed by atoms with E-state index in [1.54, 1.807) is 0 Å². The number of hydrogen-bond donors (Lipinski definition) is 0. The fraction of sp³-hybridized carbons (Fsp3) is 0.385. The lowest BCUT2D eigenvalue weighted by Crippen LogP contribution is -2.36. The van der Waals surface area contributed by atoms with E-state index in [1.165, 1.54) is 0 Å². The molecule has 76 valence electrons. The second kappa shape index (κ2) is 2.93. The van der Waals surface area contributed by atoms with Crippen molar-refractivity contribution in [1.29, 1.82) is 0 Å². The van der Waals surface area contributed by atoms with E-state index in [-0.39, 0.29) is 11.5 Å². The van der Waals surface area contributed by atoms with Crippen molar-refractivity contribution < 1.29 is 9.47 Å². The third-order valence-corrected chi connectivity index (χ3v) is 3.20. The normalized spacial score (nSPS) is 25.4. The van der Waals surface area contributed by atoms with E-state index in [2.05, 4.69) is 5.92 Å². The summed E-state index contributed by atoms with van der Waals surface area (Å²) in [6, 6.07) is 7.73. The number of rotatable bonds is 1. The molecule has 1 saturated carbocycles. The maximum absolute atomic E-state index is 5.88. The quantitative estimate of drug-likeness (QED) is 0.647. The first-order valence-electron chi connectivity index (χ1n) is 5.20. The van der Waals surface area contributed by atoms with Gasteiger partial charge in [0.2, 0.25) is 0 Å². The standard InChI is InChI=1S/C13H12O2/c1-2-13(7-8-13)12-9-14-10-5-3-4-6-11(10)15-12/h1,3-6,12H,7-9H2. The van der Waals surface area contributed by atoms with Crippen molar-refractivity contribution in [1.82, 2.24) is 0 Å². The summed E-state index contributed by atoms with van der Waals surface area (Å²) >= 11 is 0. The van der Waals surface area contributed by atoms with Crippen molar-refractivity contribution >= 4 is 0 Å². The number of hydrogen-bond acceptors (Lipinski definition) is 2. The van der Waals surface area contributed by atoms with Gasteiger partial charge >= 0.3 is 0 Å². The molecule has 1 unspecified atom stereocenters. The molecule has 1 atom stereocenters. The molecule has 0 saturated heterocycles. The lowest BCUT2D eigenvalue weighted by Gasteiger charge is -2.29. The summed E-state index contributed by atoms with van der Waals surface area (Å²) in [6.45, 7) is 0.571. The summed E-state index contributed by atoms with van der Waals surface area (Å²) in [4.78, 5) is 0. The Labute approximate surface area is 89.2 Å². The van der Waals surface area contributed by atoms with Gasteiger partial charge in [-0.15, -0.1) is 6.42 Å². The van der Waals surface area contributed by atoms with Gasteiger partial charge in [0.15, 0.2) is 11.5 Å². The van der Waals surface area contributed by atoms with Crippen molar-refractivity contribution in [3.8, 4) is 23.8 Å². The molecule has 1 aliphatic carbocycles. The van der Waals surface area contributed by atoms with E-state index in [4.69, 9.17) is 15.9 Å². The Morgan fingerprint density at radius 1 is 1.27 bits per heavy atom. The molecule has 1 heterocycles. The van der Waals surface area contributed by atoms with Crippen molar-refractivity contribution in [2.45, 2.75) is 18.9 Å². The Kier molecular flexibility index (Phi) is 1.70. The molecule has 2 aliphatic rings. The first-order chi connectivity index (χ1) is 7.34. The maximum Gasteiger partial charge on any atom is 0.161 e. The minimum Gasteiger partial charge on any atom is -0.486 e. The Hall–Kier alpha value is -1.62. The fourth-order valence-corrected chi connectivity index (χ4v) is 1.99. The Morgan fingerprint density at radius 2 is 2.00 bits per heavy atom. The predicted molar refractivity (Wildman–Crippen MR) is 56.9 cm³/mol. The summed E-state index contributed by atoms with van der Waals surface area (Å²) in [5, 5.41) is 0. The van der Waals surface area contributed by atoms with Gasteiger partial charge in [0, 0.05) is 0 Å². The largest absolute Gasteiger partial charge is 0.486 e. The van der Waals surface area contributed by atoms with Gasteiger partial charge in [-0.05, 0) is 25.0 Å². The SMILES string of the molecule is C#CC1(C2COc3ccccc3O2)CC1. The van der Waals surface area contributed by atoms with Gasteiger partial charge in [0.25, 0.3) is 0 Å². The highest BCUT2D eigenvalue weighted by Gasteiger charge is 2.51. The molecule has 1 aliphatic heterocycles. The predicted octanol–water partition coefficient (Wildman–Crippen LogP) is 2.24. The van der Waals surface area contributed by atoms with Gasteiger partial charge in [0.05, 0.1) is 5.41 Å². The number of terminal acetylenes is 1. The molecule has 0 amide bonds. The minimum absolute atomic E-state index is 0.0254. The monoisotopic (exact) mass is 200 g/mol. The number of ether oxygens (including phenoxy) is 2. The minimum atomic E-state index is -0.0620. The highest BCUT2D eigenvalue weighted by atomic mass is 16.6. The van der Waals surface area contributed by atoms with E-state index in [0.29, 0.717) is 6.61 Å². The highest BCUT2D eigenvalue weighted by molar-refractivity contribution is 5.41. The highest BCUT2D eigenvalue weighted by Crippen LogP contribution is 2.51. The molecule has 1 aromatic rings. The van der Waals surface area contributed by atoms with Crippen LogP contribution >= 0.6 is 0 Å². The lowest BCUT2D eigenvalue weighted by molar-refractivity contribution is 0.0566. The molecule has 0 aromatic heterocycles. The summed E-state index contributed by atoms with van der Waals surface area (Å²) < 4.78 is 11.5. The smallest absolute Gasteiger partial charge is 0.161 e. The van der Waals surface area contributed by atoms with Crippen LogP contribution in [0.2, 0.25) is 0 Å². The summed E-state index contributed by atoms with van der Waals surface area (Å²) in [7, 11) is 0. The lowest BCUT2D eigenvalue weighted by atomic mass is 10.0. The average molecular weight is 200 g/mol. The second-order valence-electron chi connectivity index (χ2n) is 4.16. The third-order valence-electron chi connectivity index (χ3n) is 3.20. The summed E-state index contributed by atoms with van der Waals surface area (Å²) in [6.07, 6.45) is 7.67. The average Bonchev–Trinajstić information content (AvgIpc) is 3.09. The van der Waals surface area contributed by atoms with Gasteiger partial charge in [-0.3, -0.25) is 0 Å². The van der Waals surface area contributed by atoms with Crippen LogP contribution in [0.15, 0.2) is 24.3 Å². The third kappa shape index (κ3) is 1.27. The van der Waals surface area contributed by atoms with Crippen LogP contribution in [0.25, 0.3) is 0 Å². The second-order valence-corrected chi connectivity index (χ2v) is 4.16. The molecule has 2 heteroatoms. The van der Waals surface area contributed by atoms with Crippen LogP contribution in [-0.4, -0.2) is 12.7 Å². The Bertz CT molecular complexity index is 426. The van der Waals surface area contributed by atoms with Crippen molar-refractivity contribution in [3.63, 3.8) is 0 Å². The molecule has 0 N–H and O–H groups in total. The van der Waals surface area contributed by atoms with Crippen LogP contribution in [-0.2, 0) is 0 Å². The molecular formula is C13H12O2. The van der Waals surface area contributed by atoms with E-state index < -0.39 is 0 Å². The first kappa shape index (κ1) is 8.67. The Balaban J connectivity index is 1.87. The van der Waals surface area contributed by atoms with Crippen LogP contribution in [0.5, 0.6) is 11.5 Å². The van der Waals surface area contributed by atoms with Crippen LogP contribution in [0, 0.1) is 17.8 Å².